The number of aryl methyl sites for hydroxylation is 1. The molecule has 1 aromatic heterocycles. The van der Waals surface area contributed by atoms with E-state index in [4.69, 9.17) is 4.52 Å². The standard InChI is InChI=1S/C17H18N4O4/c1-12-18-17(25-19-12)14-5-3-9-20(11-14)16(22)8-7-13-4-2-6-15(10-13)21(23)24/h2,4,6-8,10,14H,3,5,9,11H2,1H3. The third-order valence-electron chi connectivity index (χ3n) is 4.12. The Morgan fingerprint density at radius 2 is 2.32 bits per heavy atom. The predicted octanol–water partition coefficient (Wildman–Crippen LogP) is 2.71. The summed E-state index contributed by atoms with van der Waals surface area (Å²) < 4.78 is 5.22. The molecular weight excluding hydrogens is 324 g/mol. The molecule has 1 fully saturated rings. The van der Waals surface area contributed by atoms with Crippen LogP contribution in [0.4, 0.5) is 5.69 Å². The van der Waals surface area contributed by atoms with Gasteiger partial charge in [0.05, 0.1) is 10.8 Å². The van der Waals surface area contributed by atoms with E-state index in [0.29, 0.717) is 30.4 Å². The molecule has 130 valence electrons. The lowest BCUT2D eigenvalue weighted by Crippen LogP contribution is -2.38. The molecule has 1 aromatic carbocycles. The van der Waals surface area contributed by atoms with E-state index >= 15 is 0 Å². The highest BCUT2D eigenvalue weighted by molar-refractivity contribution is 5.92. The number of piperidine rings is 1. The molecule has 0 saturated carbocycles. The second kappa shape index (κ2) is 7.25. The largest absolute Gasteiger partial charge is 0.339 e. The molecule has 3 rings (SSSR count). The lowest BCUT2D eigenvalue weighted by atomic mass is 9.98. The minimum atomic E-state index is -0.458. The van der Waals surface area contributed by atoms with Crippen molar-refractivity contribution in [2.24, 2.45) is 0 Å². The van der Waals surface area contributed by atoms with Crippen molar-refractivity contribution in [3.05, 3.63) is 57.7 Å². The summed E-state index contributed by atoms with van der Waals surface area (Å²) in [5.74, 6) is 1.07. The van der Waals surface area contributed by atoms with Crippen LogP contribution in [0.25, 0.3) is 6.08 Å². The van der Waals surface area contributed by atoms with Crippen molar-refractivity contribution in [1.29, 1.82) is 0 Å². The average molecular weight is 342 g/mol. The van der Waals surface area contributed by atoms with Crippen LogP contribution in [0.5, 0.6) is 0 Å². The molecule has 0 spiro atoms. The summed E-state index contributed by atoms with van der Waals surface area (Å²) in [5, 5.41) is 14.6. The van der Waals surface area contributed by atoms with Crippen molar-refractivity contribution in [1.82, 2.24) is 15.0 Å². The summed E-state index contributed by atoms with van der Waals surface area (Å²) in [6.07, 6.45) is 4.80. The number of nitro groups is 1. The van der Waals surface area contributed by atoms with Crippen molar-refractivity contribution in [3.63, 3.8) is 0 Å². The van der Waals surface area contributed by atoms with E-state index in [1.54, 1.807) is 30.0 Å². The second-order valence-electron chi connectivity index (χ2n) is 5.99. The maximum absolute atomic E-state index is 12.4. The molecule has 2 heterocycles. The van der Waals surface area contributed by atoms with Gasteiger partial charge in [0.15, 0.2) is 5.82 Å². The molecule has 0 N–H and O–H groups in total. The van der Waals surface area contributed by atoms with E-state index < -0.39 is 4.92 Å². The summed E-state index contributed by atoms with van der Waals surface area (Å²) in [5.41, 5.74) is 0.614. The van der Waals surface area contributed by atoms with Crippen LogP contribution in [0.2, 0.25) is 0 Å². The van der Waals surface area contributed by atoms with Gasteiger partial charge in [-0.05, 0) is 31.4 Å². The van der Waals surface area contributed by atoms with Crippen LogP contribution in [0.1, 0.15) is 36.0 Å². The topological polar surface area (TPSA) is 102 Å². The number of carbonyl (C=O) groups is 1. The van der Waals surface area contributed by atoms with Crippen molar-refractivity contribution >= 4 is 17.7 Å². The van der Waals surface area contributed by atoms with Crippen LogP contribution in [-0.2, 0) is 4.79 Å². The summed E-state index contributed by atoms with van der Waals surface area (Å²) in [6.45, 7) is 2.96. The van der Waals surface area contributed by atoms with Gasteiger partial charge in [-0.1, -0.05) is 17.3 Å². The molecule has 8 heteroatoms. The van der Waals surface area contributed by atoms with E-state index in [1.165, 1.54) is 18.2 Å². The van der Waals surface area contributed by atoms with E-state index in [-0.39, 0.29) is 17.5 Å². The highest BCUT2D eigenvalue weighted by Crippen LogP contribution is 2.26. The van der Waals surface area contributed by atoms with E-state index in [1.807, 2.05) is 0 Å². The van der Waals surface area contributed by atoms with Gasteiger partial charge in [0.1, 0.15) is 0 Å². The first-order chi connectivity index (χ1) is 12.0. The first-order valence-corrected chi connectivity index (χ1v) is 8.04. The third-order valence-corrected chi connectivity index (χ3v) is 4.12. The lowest BCUT2D eigenvalue weighted by Gasteiger charge is -2.30. The molecule has 0 aliphatic carbocycles. The summed E-state index contributed by atoms with van der Waals surface area (Å²) in [7, 11) is 0. The number of amides is 1. The Kier molecular flexibility index (Phi) is 4.87. The van der Waals surface area contributed by atoms with Crippen LogP contribution >= 0.6 is 0 Å². The Morgan fingerprint density at radius 1 is 1.48 bits per heavy atom. The Hall–Kier alpha value is -3.03. The normalized spacial score (nSPS) is 17.8. The Bertz CT molecular complexity index is 814. The van der Waals surface area contributed by atoms with Gasteiger partial charge in [0.25, 0.3) is 5.69 Å². The van der Waals surface area contributed by atoms with Gasteiger partial charge in [-0.15, -0.1) is 0 Å². The van der Waals surface area contributed by atoms with Crippen molar-refractivity contribution < 1.29 is 14.2 Å². The number of rotatable bonds is 4. The maximum atomic E-state index is 12.4. The number of hydrogen-bond acceptors (Lipinski definition) is 6. The monoisotopic (exact) mass is 342 g/mol. The average Bonchev–Trinajstić information content (AvgIpc) is 3.06. The third kappa shape index (κ3) is 4.09. The Morgan fingerprint density at radius 3 is 3.04 bits per heavy atom. The number of benzene rings is 1. The lowest BCUT2D eigenvalue weighted by molar-refractivity contribution is -0.384. The fraction of sp³-hybridized carbons (Fsp3) is 0.353. The SMILES string of the molecule is Cc1noc(C2CCCN(C(=O)C=Cc3cccc([N+](=O)[O-])c3)C2)n1. The molecule has 1 amide bonds. The summed E-state index contributed by atoms with van der Waals surface area (Å²) in [6, 6.07) is 6.17. The predicted molar refractivity (Wildman–Crippen MR) is 89.7 cm³/mol. The first kappa shape index (κ1) is 16.8. The number of carbonyl (C=O) groups excluding carboxylic acids is 1. The Balaban J connectivity index is 1.66. The van der Waals surface area contributed by atoms with E-state index in [9.17, 15) is 14.9 Å². The molecule has 25 heavy (non-hydrogen) atoms. The fourth-order valence-corrected chi connectivity index (χ4v) is 2.87. The number of aromatic nitrogens is 2. The molecule has 1 unspecified atom stereocenters. The molecule has 8 nitrogen and oxygen atoms in total. The molecule has 1 aliphatic heterocycles. The zero-order chi connectivity index (χ0) is 17.8. The quantitative estimate of drug-likeness (QED) is 0.481. The highest BCUT2D eigenvalue weighted by Gasteiger charge is 2.27. The Labute approximate surface area is 144 Å². The zero-order valence-electron chi connectivity index (χ0n) is 13.8. The van der Waals surface area contributed by atoms with Crippen molar-refractivity contribution in [2.45, 2.75) is 25.7 Å². The minimum Gasteiger partial charge on any atom is -0.339 e. The summed E-state index contributed by atoms with van der Waals surface area (Å²) >= 11 is 0. The molecule has 2 aromatic rings. The smallest absolute Gasteiger partial charge is 0.270 e. The number of nitro benzene ring substituents is 1. The minimum absolute atomic E-state index is 0.000556. The maximum Gasteiger partial charge on any atom is 0.270 e. The van der Waals surface area contributed by atoms with Crippen molar-refractivity contribution in [3.8, 4) is 0 Å². The van der Waals surface area contributed by atoms with Gasteiger partial charge in [-0.25, -0.2) is 0 Å². The highest BCUT2D eigenvalue weighted by atomic mass is 16.6. The van der Waals surface area contributed by atoms with Gasteiger partial charge in [0.2, 0.25) is 11.8 Å². The van der Waals surface area contributed by atoms with Crippen molar-refractivity contribution in [2.75, 3.05) is 13.1 Å². The number of hydrogen-bond donors (Lipinski definition) is 0. The van der Waals surface area contributed by atoms with Gasteiger partial charge in [-0.2, -0.15) is 4.98 Å². The first-order valence-electron chi connectivity index (χ1n) is 8.04. The molecule has 1 saturated heterocycles. The van der Waals surface area contributed by atoms with Crippen LogP contribution in [0, 0.1) is 17.0 Å². The van der Waals surface area contributed by atoms with Gasteiger partial charge >= 0.3 is 0 Å². The second-order valence-corrected chi connectivity index (χ2v) is 5.99. The molecule has 1 atom stereocenters. The fourth-order valence-electron chi connectivity index (χ4n) is 2.87. The van der Waals surface area contributed by atoms with Crippen LogP contribution < -0.4 is 0 Å². The van der Waals surface area contributed by atoms with Crippen LogP contribution in [0.15, 0.2) is 34.9 Å². The molecule has 1 aliphatic rings. The van der Waals surface area contributed by atoms with Gasteiger partial charge in [-0.3, -0.25) is 14.9 Å². The molecular formula is C17H18N4O4. The number of non-ortho nitro benzene ring substituents is 1. The molecule has 0 bridgehead atoms. The van der Waals surface area contributed by atoms with E-state index in [2.05, 4.69) is 10.1 Å². The van der Waals surface area contributed by atoms with Gasteiger partial charge < -0.3 is 9.42 Å². The van der Waals surface area contributed by atoms with Gasteiger partial charge in [0, 0.05) is 31.3 Å². The number of nitrogens with zero attached hydrogens (tertiary/aromatic N) is 4. The zero-order valence-corrected chi connectivity index (χ0v) is 13.8. The van der Waals surface area contributed by atoms with Crippen LogP contribution in [-0.4, -0.2) is 39.0 Å². The number of likely N-dealkylation sites (tertiary alicyclic amines) is 1. The molecule has 0 radical (unpaired) electrons. The van der Waals surface area contributed by atoms with Crippen LogP contribution in [0.3, 0.4) is 0 Å². The summed E-state index contributed by atoms with van der Waals surface area (Å²) in [4.78, 5) is 28.7. The van der Waals surface area contributed by atoms with E-state index in [0.717, 1.165) is 12.8 Å².